The summed E-state index contributed by atoms with van der Waals surface area (Å²) in [6.07, 6.45) is 0. The number of para-hydroxylation sites is 1. The predicted octanol–water partition coefficient (Wildman–Crippen LogP) is 3.87. The van der Waals surface area contributed by atoms with Gasteiger partial charge in [0, 0.05) is 3.57 Å². The minimum atomic E-state index is -0.990. The van der Waals surface area contributed by atoms with Crippen molar-refractivity contribution in [2.24, 2.45) is 0 Å². The lowest BCUT2D eigenvalue weighted by Gasteiger charge is -2.02. The Morgan fingerprint density at radius 1 is 1.25 bits per heavy atom. The number of nitrogens with one attached hydrogen (secondary N) is 1. The highest BCUT2D eigenvalue weighted by atomic mass is 127. The first kappa shape index (κ1) is 12.9. The Hall–Kier alpha value is -2.09. The van der Waals surface area contributed by atoms with E-state index >= 15 is 0 Å². The molecule has 2 aromatic carbocycles. The first-order valence-electron chi connectivity index (χ1n) is 5.79. The molecule has 5 nitrogen and oxygen atoms in total. The lowest BCUT2D eigenvalue weighted by Crippen LogP contribution is -1.94. The second-order valence-electron chi connectivity index (χ2n) is 4.11. The van der Waals surface area contributed by atoms with E-state index in [2.05, 4.69) is 32.9 Å². The van der Waals surface area contributed by atoms with Crippen LogP contribution in [0.1, 0.15) is 10.4 Å². The number of nitrogens with zero attached hydrogens (tertiary/aromatic N) is 1. The highest BCUT2D eigenvalue weighted by molar-refractivity contribution is 14.1. The van der Waals surface area contributed by atoms with E-state index in [0.29, 0.717) is 17.1 Å². The second-order valence-corrected chi connectivity index (χ2v) is 5.27. The fourth-order valence-corrected chi connectivity index (χ4v) is 2.31. The molecule has 6 heteroatoms. The van der Waals surface area contributed by atoms with E-state index in [0.717, 1.165) is 9.26 Å². The quantitative estimate of drug-likeness (QED) is 0.675. The number of carboxylic acids is 1. The molecule has 1 heterocycles. The van der Waals surface area contributed by atoms with Gasteiger partial charge in [-0.05, 0) is 52.9 Å². The molecule has 0 aliphatic carbocycles. The average Bonchev–Trinajstić information content (AvgIpc) is 2.82. The lowest BCUT2D eigenvalue weighted by molar-refractivity contribution is 0.0697. The Morgan fingerprint density at radius 2 is 2.05 bits per heavy atom. The topological polar surface area (TPSA) is 75.4 Å². The van der Waals surface area contributed by atoms with Gasteiger partial charge in [-0.25, -0.2) is 4.79 Å². The summed E-state index contributed by atoms with van der Waals surface area (Å²) in [6, 6.07) is 12.7. The molecular formula is C14H9IN2O3. The van der Waals surface area contributed by atoms with Gasteiger partial charge in [0.2, 0.25) is 0 Å². The minimum absolute atomic E-state index is 0.175. The van der Waals surface area contributed by atoms with Crippen molar-refractivity contribution >= 4 is 51.4 Å². The molecule has 2 N–H and O–H groups in total. The molecule has 100 valence electrons. The minimum Gasteiger partial charge on any atom is -0.478 e. The Kier molecular flexibility index (Phi) is 3.31. The summed E-state index contributed by atoms with van der Waals surface area (Å²) in [5.41, 5.74) is 2.12. The first-order valence-corrected chi connectivity index (χ1v) is 6.87. The third-order valence-electron chi connectivity index (χ3n) is 2.75. The van der Waals surface area contributed by atoms with Crippen molar-refractivity contribution < 1.29 is 14.3 Å². The maximum atomic E-state index is 10.9. The van der Waals surface area contributed by atoms with Gasteiger partial charge in [-0.2, -0.15) is 4.98 Å². The number of carbonyl (C=O) groups is 1. The number of aromatic nitrogens is 1. The summed E-state index contributed by atoms with van der Waals surface area (Å²) in [5.74, 6) is -0.990. The van der Waals surface area contributed by atoms with Crippen molar-refractivity contribution in [3.8, 4) is 0 Å². The van der Waals surface area contributed by atoms with Crippen molar-refractivity contribution in [1.82, 2.24) is 4.98 Å². The van der Waals surface area contributed by atoms with E-state index in [9.17, 15) is 4.79 Å². The van der Waals surface area contributed by atoms with E-state index in [1.54, 1.807) is 6.07 Å². The molecule has 0 spiro atoms. The number of hydrogen-bond acceptors (Lipinski definition) is 4. The Balaban J connectivity index is 1.97. The highest BCUT2D eigenvalue weighted by Gasteiger charge is 2.10. The van der Waals surface area contributed by atoms with Crippen LogP contribution in [0.2, 0.25) is 0 Å². The van der Waals surface area contributed by atoms with Crippen LogP contribution in [0.15, 0.2) is 46.9 Å². The largest absolute Gasteiger partial charge is 0.478 e. The van der Waals surface area contributed by atoms with Crippen molar-refractivity contribution in [3.05, 3.63) is 51.6 Å². The zero-order valence-electron chi connectivity index (χ0n) is 10.1. The fraction of sp³-hybridized carbons (Fsp3) is 0. The van der Waals surface area contributed by atoms with Crippen LogP contribution in [-0.4, -0.2) is 16.1 Å². The molecule has 0 aliphatic rings. The van der Waals surface area contributed by atoms with Crippen LogP contribution in [0.25, 0.3) is 11.1 Å². The molecule has 0 saturated heterocycles. The molecule has 20 heavy (non-hydrogen) atoms. The lowest BCUT2D eigenvalue weighted by atomic mass is 10.2. The van der Waals surface area contributed by atoms with Crippen LogP contribution >= 0.6 is 22.6 Å². The van der Waals surface area contributed by atoms with Crippen molar-refractivity contribution in [1.29, 1.82) is 0 Å². The molecule has 1 aromatic heterocycles. The molecule has 3 aromatic rings. The molecule has 0 saturated carbocycles. The normalized spacial score (nSPS) is 10.7. The summed E-state index contributed by atoms with van der Waals surface area (Å²) in [6.45, 7) is 0. The fourth-order valence-electron chi connectivity index (χ4n) is 1.79. The number of fused-ring (bicyclic) bond motifs is 1. The molecule has 0 fully saturated rings. The monoisotopic (exact) mass is 380 g/mol. The molecule has 0 aliphatic heterocycles. The number of halogens is 1. The number of oxazole rings is 1. The molecular weight excluding hydrogens is 371 g/mol. The van der Waals surface area contributed by atoms with Crippen LogP contribution in [-0.2, 0) is 0 Å². The number of anilines is 2. The van der Waals surface area contributed by atoms with Gasteiger partial charge in [-0.15, -0.1) is 0 Å². The zero-order chi connectivity index (χ0) is 14.1. The number of aromatic carboxylic acids is 1. The van der Waals surface area contributed by atoms with Gasteiger partial charge in [0.1, 0.15) is 5.52 Å². The van der Waals surface area contributed by atoms with Crippen LogP contribution in [0.4, 0.5) is 11.7 Å². The van der Waals surface area contributed by atoms with Gasteiger partial charge in [-0.3, -0.25) is 0 Å². The molecule has 0 bridgehead atoms. The van der Waals surface area contributed by atoms with Gasteiger partial charge in [0.05, 0.1) is 11.3 Å². The SMILES string of the molecule is O=C(O)c1ccc2nc(Nc3ccccc3I)oc2c1. The van der Waals surface area contributed by atoms with Crippen LogP contribution in [0.5, 0.6) is 0 Å². The first-order chi connectivity index (χ1) is 9.63. The molecule has 0 atom stereocenters. The van der Waals surface area contributed by atoms with Crippen molar-refractivity contribution in [3.63, 3.8) is 0 Å². The smallest absolute Gasteiger partial charge is 0.335 e. The van der Waals surface area contributed by atoms with Crippen molar-refractivity contribution in [2.45, 2.75) is 0 Å². The van der Waals surface area contributed by atoms with Gasteiger partial charge in [0.25, 0.3) is 6.01 Å². The van der Waals surface area contributed by atoms with Gasteiger partial charge < -0.3 is 14.8 Å². The zero-order valence-corrected chi connectivity index (χ0v) is 12.3. The van der Waals surface area contributed by atoms with E-state index in [1.165, 1.54) is 12.1 Å². The standard InChI is InChI=1S/C14H9IN2O3/c15-9-3-1-2-4-10(9)16-14-17-11-6-5-8(13(18)19)7-12(11)20-14/h1-7H,(H,16,17)(H,18,19). The van der Waals surface area contributed by atoms with E-state index in [4.69, 9.17) is 9.52 Å². The van der Waals surface area contributed by atoms with Crippen molar-refractivity contribution in [2.75, 3.05) is 5.32 Å². The van der Waals surface area contributed by atoms with Crippen LogP contribution in [0.3, 0.4) is 0 Å². The number of benzene rings is 2. The highest BCUT2D eigenvalue weighted by Crippen LogP contribution is 2.25. The number of hydrogen-bond donors (Lipinski definition) is 2. The molecule has 0 unspecified atom stereocenters. The van der Waals surface area contributed by atoms with Gasteiger partial charge >= 0.3 is 5.97 Å². The van der Waals surface area contributed by atoms with E-state index in [-0.39, 0.29) is 5.56 Å². The summed E-state index contributed by atoms with van der Waals surface area (Å²) in [4.78, 5) is 15.2. The molecule has 3 rings (SSSR count). The van der Waals surface area contributed by atoms with Gasteiger partial charge in [0.15, 0.2) is 5.58 Å². The Bertz CT molecular complexity index is 798. The average molecular weight is 380 g/mol. The third kappa shape index (κ3) is 2.46. The van der Waals surface area contributed by atoms with E-state index in [1.807, 2.05) is 24.3 Å². The second kappa shape index (κ2) is 5.12. The Morgan fingerprint density at radius 3 is 2.80 bits per heavy atom. The molecule has 0 amide bonds. The molecule has 0 radical (unpaired) electrons. The predicted molar refractivity (Wildman–Crippen MR) is 83.4 cm³/mol. The van der Waals surface area contributed by atoms with E-state index < -0.39 is 5.97 Å². The third-order valence-corrected chi connectivity index (χ3v) is 3.69. The summed E-state index contributed by atoms with van der Waals surface area (Å²) >= 11 is 2.21. The van der Waals surface area contributed by atoms with Crippen LogP contribution in [0, 0.1) is 3.57 Å². The van der Waals surface area contributed by atoms with Gasteiger partial charge in [-0.1, -0.05) is 12.1 Å². The maximum absolute atomic E-state index is 10.9. The maximum Gasteiger partial charge on any atom is 0.335 e. The Labute approximate surface area is 127 Å². The summed E-state index contributed by atoms with van der Waals surface area (Å²) in [5, 5.41) is 12.0. The summed E-state index contributed by atoms with van der Waals surface area (Å²) in [7, 11) is 0. The summed E-state index contributed by atoms with van der Waals surface area (Å²) < 4.78 is 6.57. The number of carboxylic acid groups (broad SMARTS) is 1. The van der Waals surface area contributed by atoms with Crippen LogP contribution < -0.4 is 5.32 Å². The number of rotatable bonds is 3.